The van der Waals surface area contributed by atoms with Gasteiger partial charge in [0.2, 0.25) is 5.91 Å². The highest BCUT2D eigenvalue weighted by Crippen LogP contribution is 2.26. The molecule has 1 amide bonds. The highest BCUT2D eigenvalue weighted by molar-refractivity contribution is 7.99. The van der Waals surface area contributed by atoms with Crippen molar-refractivity contribution in [2.75, 3.05) is 56.9 Å². The lowest BCUT2D eigenvalue weighted by Gasteiger charge is -2.33. The van der Waals surface area contributed by atoms with Gasteiger partial charge in [-0.05, 0) is 12.1 Å². The van der Waals surface area contributed by atoms with E-state index in [1.165, 1.54) is 0 Å². The van der Waals surface area contributed by atoms with Gasteiger partial charge in [-0.15, -0.1) is 18.3 Å². The maximum Gasteiger partial charge on any atom is 0.238 e. The van der Waals surface area contributed by atoms with Crippen molar-refractivity contribution in [3.05, 3.63) is 36.9 Å². The van der Waals surface area contributed by atoms with Crippen LogP contribution in [0.15, 0.2) is 41.8 Å². The molecule has 1 fully saturated rings. The third-order valence-electron chi connectivity index (χ3n) is 3.77. The zero-order chi connectivity index (χ0) is 16.5. The van der Waals surface area contributed by atoms with Crippen LogP contribution in [0.2, 0.25) is 0 Å². The predicted molar refractivity (Wildman–Crippen MR) is 96.0 cm³/mol. The van der Waals surface area contributed by atoms with E-state index in [9.17, 15) is 4.79 Å². The quantitative estimate of drug-likeness (QED) is 0.557. The van der Waals surface area contributed by atoms with Gasteiger partial charge in [-0.25, -0.2) is 0 Å². The molecule has 1 saturated heterocycles. The van der Waals surface area contributed by atoms with Gasteiger partial charge >= 0.3 is 0 Å². The number of anilines is 1. The molecule has 0 unspecified atom stereocenters. The van der Waals surface area contributed by atoms with Gasteiger partial charge in [0.05, 0.1) is 18.8 Å². The topological polar surface area (TPSA) is 55.8 Å². The van der Waals surface area contributed by atoms with E-state index >= 15 is 0 Å². The highest BCUT2D eigenvalue weighted by Gasteiger charge is 2.18. The van der Waals surface area contributed by atoms with Crippen LogP contribution in [0.1, 0.15) is 0 Å². The Morgan fingerprint density at radius 3 is 2.65 bits per heavy atom. The summed E-state index contributed by atoms with van der Waals surface area (Å²) in [5.41, 5.74) is 0.864. The molecule has 23 heavy (non-hydrogen) atoms. The van der Waals surface area contributed by atoms with Crippen molar-refractivity contribution in [2.45, 2.75) is 4.90 Å². The zero-order valence-electron chi connectivity index (χ0n) is 13.4. The minimum Gasteiger partial charge on any atom is -0.395 e. The summed E-state index contributed by atoms with van der Waals surface area (Å²) in [6, 6.07) is 7.85. The Morgan fingerprint density at radius 1 is 1.26 bits per heavy atom. The Balaban J connectivity index is 1.82. The van der Waals surface area contributed by atoms with E-state index in [0.29, 0.717) is 13.1 Å². The van der Waals surface area contributed by atoms with Crippen LogP contribution in [0.25, 0.3) is 0 Å². The van der Waals surface area contributed by atoms with Crippen LogP contribution in [0.3, 0.4) is 0 Å². The maximum absolute atomic E-state index is 12.3. The summed E-state index contributed by atoms with van der Waals surface area (Å²) in [5.74, 6) is 0.840. The van der Waals surface area contributed by atoms with Crippen molar-refractivity contribution in [2.24, 2.45) is 0 Å². The lowest BCUT2D eigenvalue weighted by atomic mass is 10.3. The van der Waals surface area contributed by atoms with E-state index in [1.54, 1.807) is 11.8 Å². The molecule has 1 aromatic carbocycles. The average Bonchev–Trinajstić information content (AvgIpc) is 2.56. The molecule has 6 heteroatoms. The number of benzene rings is 1. The second-order valence-electron chi connectivity index (χ2n) is 5.49. The minimum absolute atomic E-state index is 0.0206. The molecule has 2 N–H and O–H groups in total. The van der Waals surface area contributed by atoms with Crippen molar-refractivity contribution in [3.63, 3.8) is 0 Å². The normalized spacial score (nSPS) is 16.2. The fraction of sp³-hybridized carbons (Fsp3) is 0.471. The molecule has 2 rings (SSSR count). The molecule has 126 valence electrons. The molecular weight excluding hydrogens is 310 g/mol. The van der Waals surface area contributed by atoms with Crippen LogP contribution in [0.5, 0.6) is 0 Å². The van der Waals surface area contributed by atoms with E-state index in [-0.39, 0.29) is 12.5 Å². The smallest absolute Gasteiger partial charge is 0.238 e. The highest BCUT2D eigenvalue weighted by atomic mass is 32.2. The van der Waals surface area contributed by atoms with Gasteiger partial charge in [0, 0.05) is 43.4 Å². The van der Waals surface area contributed by atoms with Crippen molar-refractivity contribution in [3.8, 4) is 0 Å². The number of carbonyl (C=O) groups is 1. The molecule has 1 heterocycles. The van der Waals surface area contributed by atoms with Crippen molar-refractivity contribution >= 4 is 23.4 Å². The average molecular weight is 335 g/mol. The summed E-state index contributed by atoms with van der Waals surface area (Å²) < 4.78 is 0. The first-order valence-electron chi connectivity index (χ1n) is 7.91. The predicted octanol–water partition coefficient (Wildman–Crippen LogP) is 1.51. The second-order valence-corrected chi connectivity index (χ2v) is 6.55. The summed E-state index contributed by atoms with van der Waals surface area (Å²) in [7, 11) is 0. The van der Waals surface area contributed by atoms with E-state index < -0.39 is 0 Å². The molecule has 0 aliphatic carbocycles. The standard InChI is InChI=1S/C17H25N3O2S/c1-2-13-23-16-6-4-3-5-15(16)18-17(22)14-20-9-7-19(8-10-20)11-12-21/h2-6,21H,1,7-14H2,(H,18,22). The van der Waals surface area contributed by atoms with Crippen molar-refractivity contribution in [1.82, 2.24) is 9.80 Å². The molecule has 5 nitrogen and oxygen atoms in total. The molecule has 1 aromatic rings. The van der Waals surface area contributed by atoms with Gasteiger partial charge in [0.1, 0.15) is 0 Å². The Kier molecular flexibility index (Phi) is 7.61. The molecule has 0 radical (unpaired) electrons. The number of nitrogens with zero attached hydrogens (tertiary/aromatic N) is 2. The summed E-state index contributed by atoms with van der Waals surface area (Å²) in [6.45, 7) is 8.58. The number of nitrogens with one attached hydrogen (secondary N) is 1. The minimum atomic E-state index is 0.0206. The fourth-order valence-electron chi connectivity index (χ4n) is 2.55. The number of rotatable bonds is 8. The van der Waals surface area contributed by atoms with Crippen molar-refractivity contribution in [1.29, 1.82) is 0 Å². The summed E-state index contributed by atoms with van der Waals surface area (Å²) in [5, 5.41) is 12.0. The lowest BCUT2D eigenvalue weighted by molar-refractivity contribution is -0.117. The van der Waals surface area contributed by atoms with Gasteiger partial charge < -0.3 is 10.4 Å². The van der Waals surface area contributed by atoms with Crippen LogP contribution >= 0.6 is 11.8 Å². The number of aliphatic hydroxyl groups excluding tert-OH is 1. The monoisotopic (exact) mass is 335 g/mol. The first kappa shape index (κ1) is 18.0. The Labute approximate surface area is 142 Å². The second kappa shape index (κ2) is 9.72. The van der Waals surface area contributed by atoms with Gasteiger partial charge in [-0.2, -0.15) is 0 Å². The van der Waals surface area contributed by atoms with Crippen LogP contribution in [0, 0.1) is 0 Å². The molecule has 0 spiro atoms. The van der Waals surface area contributed by atoms with E-state index in [1.807, 2.05) is 30.3 Å². The summed E-state index contributed by atoms with van der Waals surface area (Å²) >= 11 is 1.66. The number of aliphatic hydroxyl groups is 1. The number of para-hydroxylation sites is 1. The Bertz CT molecular complexity index is 516. The number of amides is 1. The molecule has 0 saturated carbocycles. The number of thioether (sulfide) groups is 1. The Morgan fingerprint density at radius 2 is 1.96 bits per heavy atom. The van der Waals surface area contributed by atoms with Crippen LogP contribution < -0.4 is 5.32 Å². The van der Waals surface area contributed by atoms with Gasteiger partial charge in [0.15, 0.2) is 0 Å². The van der Waals surface area contributed by atoms with Gasteiger partial charge in [-0.1, -0.05) is 18.2 Å². The number of hydrogen-bond donors (Lipinski definition) is 2. The molecule has 1 aliphatic rings. The molecule has 1 aliphatic heterocycles. The van der Waals surface area contributed by atoms with Crippen LogP contribution in [-0.2, 0) is 4.79 Å². The van der Waals surface area contributed by atoms with E-state index in [2.05, 4.69) is 21.7 Å². The number of β-amino-alcohol motifs (C(OH)–C–C–N with tert-alkyl or cyclic N) is 1. The lowest BCUT2D eigenvalue weighted by Crippen LogP contribution is -2.49. The first-order valence-corrected chi connectivity index (χ1v) is 8.89. The molecule has 0 bridgehead atoms. The Hall–Kier alpha value is -1.34. The third-order valence-corrected chi connectivity index (χ3v) is 4.84. The van der Waals surface area contributed by atoms with Gasteiger partial charge in [0.25, 0.3) is 0 Å². The van der Waals surface area contributed by atoms with E-state index in [4.69, 9.17) is 5.11 Å². The summed E-state index contributed by atoms with van der Waals surface area (Å²) in [4.78, 5) is 17.7. The summed E-state index contributed by atoms with van der Waals surface area (Å²) in [6.07, 6.45) is 1.86. The number of hydrogen-bond acceptors (Lipinski definition) is 5. The zero-order valence-corrected chi connectivity index (χ0v) is 14.2. The van der Waals surface area contributed by atoms with Crippen LogP contribution in [0.4, 0.5) is 5.69 Å². The number of piperazine rings is 1. The molecular formula is C17H25N3O2S. The largest absolute Gasteiger partial charge is 0.395 e. The molecule has 0 aromatic heterocycles. The third kappa shape index (κ3) is 5.99. The van der Waals surface area contributed by atoms with E-state index in [0.717, 1.165) is 42.5 Å². The fourth-order valence-corrected chi connectivity index (χ4v) is 3.30. The first-order chi connectivity index (χ1) is 11.2. The van der Waals surface area contributed by atoms with Gasteiger partial charge in [-0.3, -0.25) is 14.6 Å². The number of carbonyl (C=O) groups excluding carboxylic acids is 1. The SMILES string of the molecule is C=CCSc1ccccc1NC(=O)CN1CCN(CCO)CC1. The maximum atomic E-state index is 12.3. The van der Waals surface area contributed by atoms with Crippen molar-refractivity contribution < 1.29 is 9.90 Å². The molecule has 0 atom stereocenters. The van der Waals surface area contributed by atoms with Crippen LogP contribution in [-0.4, -0.2) is 72.4 Å².